The molecule has 36 heavy (non-hydrogen) atoms. The number of hydrogen-bond donors (Lipinski definition) is 0. The summed E-state index contributed by atoms with van der Waals surface area (Å²) in [5.74, 6) is -2.42. The van der Waals surface area contributed by atoms with Crippen molar-refractivity contribution in [3.8, 4) is 28.7 Å². The lowest BCUT2D eigenvalue weighted by Crippen LogP contribution is -2.34. The molecule has 1 heterocycles. The second-order valence-electron chi connectivity index (χ2n) is 7.73. The predicted molar refractivity (Wildman–Crippen MR) is 127 cm³/mol. The molecule has 10 nitrogen and oxygen atoms in total. The molecule has 0 amide bonds. The molecule has 3 rings (SSSR count). The Hall–Kier alpha value is -3.95. The summed E-state index contributed by atoms with van der Waals surface area (Å²) < 4.78 is 37.6. The number of carbonyl (C=O) groups is 3. The normalized spacial score (nSPS) is 13.4. The quantitative estimate of drug-likeness (QED) is 0.316. The average Bonchev–Trinajstić information content (AvgIpc) is 3.34. The van der Waals surface area contributed by atoms with Crippen molar-refractivity contribution < 1.29 is 47.5 Å². The number of hydrogen-bond acceptors (Lipinski definition) is 10. The largest absolute Gasteiger partial charge is 0.493 e. The molecular formula is C26H30O10. The number of esters is 2. The molecule has 2 aromatic carbocycles. The Bertz CT molecular complexity index is 1080. The molecule has 0 bridgehead atoms. The Balaban J connectivity index is 2.22. The summed E-state index contributed by atoms with van der Waals surface area (Å²) in [6.07, 6.45) is -0.594. The summed E-state index contributed by atoms with van der Waals surface area (Å²) in [5, 5.41) is 0. The monoisotopic (exact) mass is 502 g/mol. The number of ether oxygens (including phenoxy) is 7. The Labute approximate surface area is 209 Å². The summed E-state index contributed by atoms with van der Waals surface area (Å²) in [5.41, 5.74) is 1.06. The van der Waals surface area contributed by atoms with E-state index in [2.05, 4.69) is 0 Å². The van der Waals surface area contributed by atoms with Gasteiger partial charge >= 0.3 is 11.9 Å². The zero-order chi connectivity index (χ0) is 26.2. The minimum Gasteiger partial charge on any atom is -0.493 e. The number of fused-ring (bicyclic) bond motifs is 1. The van der Waals surface area contributed by atoms with E-state index in [1.165, 1.54) is 21.3 Å². The number of carbonyl (C=O) groups excluding carboxylic acids is 3. The molecule has 2 aromatic rings. The molecule has 0 N–H and O–H groups in total. The summed E-state index contributed by atoms with van der Waals surface area (Å²) in [4.78, 5) is 38.9. The third kappa shape index (κ3) is 5.64. The molecule has 1 aliphatic heterocycles. The SMILES string of the molecule is CCOC(=O)CC(=O)[C@@H](C(=O)OCC)[C@@H](c1ccc2c(c1)OCO2)c1cc(OC)c(OC)c(OC)c1. The lowest BCUT2D eigenvalue weighted by Gasteiger charge is -2.27. The number of ketones is 1. The molecule has 0 aromatic heterocycles. The van der Waals surface area contributed by atoms with E-state index in [0.29, 0.717) is 39.9 Å². The topological polar surface area (TPSA) is 116 Å². The molecule has 2 atom stereocenters. The predicted octanol–water partition coefficient (Wildman–Crippen LogP) is 3.27. The number of rotatable bonds is 12. The fraction of sp³-hybridized carbons (Fsp3) is 0.423. The standard InChI is InChI=1S/C26H30O10/c1-6-33-22(28)13-17(27)24(26(29)34-7-2)23(15-8-9-18-19(10-15)36-14-35-18)16-11-20(30-3)25(32-5)21(12-16)31-4/h8-12,23-24H,6-7,13-14H2,1-5H3/t23-,24+/m0/s1. The van der Waals surface area contributed by atoms with Crippen LogP contribution in [0.5, 0.6) is 28.7 Å². The highest BCUT2D eigenvalue weighted by Gasteiger charge is 2.40. The van der Waals surface area contributed by atoms with Crippen LogP contribution in [0.1, 0.15) is 37.3 Å². The Morgan fingerprint density at radius 2 is 1.47 bits per heavy atom. The number of methoxy groups -OCH3 is 3. The van der Waals surface area contributed by atoms with Crippen LogP contribution in [0.25, 0.3) is 0 Å². The molecule has 10 heteroatoms. The van der Waals surface area contributed by atoms with Crippen molar-refractivity contribution in [2.45, 2.75) is 26.2 Å². The van der Waals surface area contributed by atoms with E-state index in [4.69, 9.17) is 33.2 Å². The van der Waals surface area contributed by atoms with Crippen LogP contribution in [0.15, 0.2) is 30.3 Å². The maximum absolute atomic E-state index is 13.5. The first-order valence-electron chi connectivity index (χ1n) is 11.4. The van der Waals surface area contributed by atoms with Crippen molar-refractivity contribution in [2.24, 2.45) is 5.92 Å². The second-order valence-corrected chi connectivity index (χ2v) is 7.73. The highest BCUT2D eigenvalue weighted by molar-refractivity contribution is 6.07. The van der Waals surface area contributed by atoms with E-state index in [0.717, 1.165) is 0 Å². The van der Waals surface area contributed by atoms with Crippen molar-refractivity contribution in [1.82, 2.24) is 0 Å². The van der Waals surface area contributed by atoms with Crippen molar-refractivity contribution in [2.75, 3.05) is 41.3 Å². The average molecular weight is 503 g/mol. The van der Waals surface area contributed by atoms with Crippen molar-refractivity contribution in [1.29, 1.82) is 0 Å². The smallest absolute Gasteiger partial charge is 0.317 e. The number of benzene rings is 2. The first-order chi connectivity index (χ1) is 17.4. The minimum absolute atomic E-state index is 0.0468. The van der Waals surface area contributed by atoms with Gasteiger partial charge in [-0.3, -0.25) is 14.4 Å². The Kier molecular flexibility index (Phi) is 8.99. The van der Waals surface area contributed by atoms with Gasteiger partial charge in [-0.15, -0.1) is 0 Å². The third-order valence-electron chi connectivity index (χ3n) is 5.65. The fourth-order valence-corrected chi connectivity index (χ4v) is 4.11. The summed E-state index contributed by atoms with van der Waals surface area (Å²) in [6.45, 7) is 3.48. The van der Waals surface area contributed by atoms with Gasteiger partial charge in [-0.05, 0) is 49.2 Å². The van der Waals surface area contributed by atoms with E-state index in [1.54, 1.807) is 44.2 Å². The van der Waals surface area contributed by atoms with Crippen LogP contribution in [0.3, 0.4) is 0 Å². The molecule has 1 aliphatic rings. The fourth-order valence-electron chi connectivity index (χ4n) is 4.11. The van der Waals surface area contributed by atoms with E-state index in [-0.39, 0.29) is 20.0 Å². The zero-order valence-electron chi connectivity index (χ0n) is 21.0. The lowest BCUT2D eigenvalue weighted by atomic mass is 9.77. The molecule has 0 saturated carbocycles. The third-order valence-corrected chi connectivity index (χ3v) is 5.65. The van der Waals surface area contributed by atoms with Crippen LogP contribution in [0.2, 0.25) is 0 Å². The van der Waals surface area contributed by atoms with E-state index >= 15 is 0 Å². The van der Waals surface area contributed by atoms with Gasteiger partial charge in [-0.1, -0.05) is 6.07 Å². The van der Waals surface area contributed by atoms with Gasteiger partial charge in [0.25, 0.3) is 0 Å². The van der Waals surface area contributed by atoms with Crippen LogP contribution in [0, 0.1) is 5.92 Å². The van der Waals surface area contributed by atoms with Crippen LogP contribution in [0.4, 0.5) is 0 Å². The minimum atomic E-state index is -1.38. The molecule has 0 saturated heterocycles. The van der Waals surface area contributed by atoms with Gasteiger partial charge in [0.2, 0.25) is 12.5 Å². The zero-order valence-corrected chi connectivity index (χ0v) is 21.0. The molecule has 0 unspecified atom stereocenters. The molecule has 0 aliphatic carbocycles. The number of Topliss-reactive ketones (excluding diaryl/α,β-unsaturated/α-hetero) is 1. The van der Waals surface area contributed by atoms with Crippen LogP contribution in [-0.2, 0) is 23.9 Å². The van der Waals surface area contributed by atoms with Gasteiger partial charge in [0.1, 0.15) is 12.3 Å². The highest BCUT2D eigenvalue weighted by atomic mass is 16.7. The van der Waals surface area contributed by atoms with Gasteiger partial charge in [-0.25, -0.2) is 0 Å². The first-order valence-corrected chi connectivity index (χ1v) is 11.4. The maximum Gasteiger partial charge on any atom is 0.317 e. The van der Waals surface area contributed by atoms with Crippen LogP contribution in [-0.4, -0.2) is 59.1 Å². The van der Waals surface area contributed by atoms with Gasteiger partial charge < -0.3 is 33.2 Å². The summed E-state index contributed by atoms with van der Waals surface area (Å²) >= 11 is 0. The van der Waals surface area contributed by atoms with Crippen molar-refractivity contribution in [3.05, 3.63) is 41.5 Å². The molecule has 0 spiro atoms. The van der Waals surface area contributed by atoms with Gasteiger partial charge in [0, 0.05) is 5.92 Å². The molecule has 0 radical (unpaired) electrons. The summed E-state index contributed by atoms with van der Waals surface area (Å²) in [7, 11) is 4.40. The molecule has 194 valence electrons. The van der Waals surface area contributed by atoms with E-state index in [9.17, 15) is 14.4 Å². The van der Waals surface area contributed by atoms with Crippen LogP contribution >= 0.6 is 0 Å². The van der Waals surface area contributed by atoms with Crippen molar-refractivity contribution in [3.63, 3.8) is 0 Å². The molecular weight excluding hydrogens is 472 g/mol. The van der Waals surface area contributed by atoms with Gasteiger partial charge in [0.15, 0.2) is 28.8 Å². The van der Waals surface area contributed by atoms with E-state index < -0.39 is 36.0 Å². The molecule has 0 fully saturated rings. The highest BCUT2D eigenvalue weighted by Crippen LogP contribution is 2.45. The maximum atomic E-state index is 13.5. The first kappa shape index (κ1) is 26.7. The van der Waals surface area contributed by atoms with Crippen molar-refractivity contribution >= 4 is 17.7 Å². The van der Waals surface area contributed by atoms with Gasteiger partial charge in [-0.2, -0.15) is 0 Å². The van der Waals surface area contributed by atoms with Gasteiger partial charge in [0.05, 0.1) is 34.5 Å². The summed E-state index contributed by atoms with van der Waals surface area (Å²) in [6, 6.07) is 8.42. The Morgan fingerprint density at radius 3 is 2.06 bits per heavy atom. The second kappa shape index (κ2) is 12.1. The lowest BCUT2D eigenvalue weighted by molar-refractivity contribution is -0.154. The Morgan fingerprint density at radius 1 is 0.833 bits per heavy atom. The van der Waals surface area contributed by atoms with Crippen LogP contribution < -0.4 is 23.7 Å². The van der Waals surface area contributed by atoms with E-state index in [1.807, 2.05) is 0 Å².